The van der Waals surface area contributed by atoms with Crippen molar-refractivity contribution in [3.63, 3.8) is 0 Å². The lowest BCUT2D eigenvalue weighted by atomic mass is 9.56. The Morgan fingerprint density at radius 1 is 1.15 bits per heavy atom. The fourth-order valence-corrected chi connectivity index (χ4v) is 4.69. The van der Waals surface area contributed by atoms with Crippen LogP contribution in [0.5, 0.6) is 5.75 Å². The van der Waals surface area contributed by atoms with Gasteiger partial charge in [-0.1, -0.05) is 37.6 Å². The van der Waals surface area contributed by atoms with Gasteiger partial charge in [0.15, 0.2) is 0 Å². The minimum Gasteiger partial charge on any atom is -0.465 e. The van der Waals surface area contributed by atoms with Crippen LogP contribution in [0.3, 0.4) is 0 Å². The Kier molecular flexibility index (Phi) is 5.43. The molecule has 27 heavy (non-hydrogen) atoms. The smallest absolute Gasteiger partial charge is 0.308 e. The predicted octanol–water partition coefficient (Wildman–Crippen LogP) is 4.08. The Morgan fingerprint density at radius 3 is 2.41 bits per heavy atom. The van der Waals surface area contributed by atoms with Crippen LogP contribution < -0.4 is 4.74 Å². The number of ether oxygens (including phenoxy) is 3. The maximum atomic E-state index is 11.4. The highest BCUT2D eigenvalue weighted by Crippen LogP contribution is 2.56. The third-order valence-electron chi connectivity index (χ3n) is 6.26. The van der Waals surface area contributed by atoms with Crippen molar-refractivity contribution in [3.05, 3.63) is 41.5 Å². The Bertz CT molecular complexity index is 750. The molecule has 1 aromatic carbocycles. The van der Waals surface area contributed by atoms with Crippen LogP contribution in [-0.2, 0) is 19.1 Å². The fourth-order valence-electron chi connectivity index (χ4n) is 4.69. The molecule has 0 N–H and O–H groups in total. The van der Waals surface area contributed by atoms with Gasteiger partial charge < -0.3 is 14.2 Å². The summed E-state index contributed by atoms with van der Waals surface area (Å²) in [6.07, 6.45) is 2.23. The number of hydrogen-bond acceptors (Lipinski definition) is 5. The van der Waals surface area contributed by atoms with E-state index in [4.69, 9.17) is 14.2 Å². The summed E-state index contributed by atoms with van der Waals surface area (Å²) in [5, 5.41) is 0. The minimum absolute atomic E-state index is 0.0689. The summed E-state index contributed by atoms with van der Waals surface area (Å²) < 4.78 is 16.9. The van der Waals surface area contributed by atoms with E-state index < -0.39 is 0 Å². The number of rotatable bonds is 4. The van der Waals surface area contributed by atoms with E-state index in [1.165, 1.54) is 19.4 Å². The van der Waals surface area contributed by atoms with Crippen molar-refractivity contribution in [2.24, 2.45) is 23.2 Å². The number of hydrogen-bond donors (Lipinski definition) is 0. The van der Waals surface area contributed by atoms with Crippen molar-refractivity contribution >= 4 is 11.9 Å². The van der Waals surface area contributed by atoms with Crippen LogP contribution in [-0.4, -0.2) is 25.2 Å². The molecule has 5 nitrogen and oxygen atoms in total. The van der Waals surface area contributed by atoms with E-state index in [2.05, 4.69) is 26.8 Å². The van der Waals surface area contributed by atoms with Gasteiger partial charge in [0, 0.05) is 25.2 Å². The normalized spacial score (nSPS) is 32.4. The van der Waals surface area contributed by atoms with Gasteiger partial charge in [-0.25, -0.2) is 0 Å². The zero-order chi connectivity index (χ0) is 19.8. The van der Waals surface area contributed by atoms with Crippen molar-refractivity contribution in [3.8, 4) is 5.75 Å². The van der Waals surface area contributed by atoms with Gasteiger partial charge in [0.1, 0.15) is 5.75 Å². The lowest BCUT2D eigenvalue weighted by Gasteiger charge is -2.55. The van der Waals surface area contributed by atoms with Crippen LogP contribution in [0.4, 0.5) is 0 Å². The molecule has 1 aliphatic carbocycles. The summed E-state index contributed by atoms with van der Waals surface area (Å²) in [6.45, 7) is 10.3. The van der Waals surface area contributed by atoms with Gasteiger partial charge in [0.25, 0.3) is 0 Å². The predicted molar refractivity (Wildman–Crippen MR) is 101 cm³/mol. The van der Waals surface area contributed by atoms with E-state index in [0.717, 1.165) is 5.56 Å². The van der Waals surface area contributed by atoms with E-state index in [-0.39, 0.29) is 35.3 Å². The third-order valence-corrected chi connectivity index (χ3v) is 6.26. The molecule has 1 heterocycles. The van der Waals surface area contributed by atoms with Gasteiger partial charge in [0.2, 0.25) is 0 Å². The minimum atomic E-state index is -0.333. The Morgan fingerprint density at radius 2 is 1.81 bits per heavy atom. The summed E-state index contributed by atoms with van der Waals surface area (Å²) in [7, 11) is 0. The summed E-state index contributed by atoms with van der Waals surface area (Å²) >= 11 is 0. The summed E-state index contributed by atoms with van der Waals surface area (Å²) in [5.41, 5.74) is 2.16. The lowest BCUT2D eigenvalue weighted by Crippen LogP contribution is -2.54. The van der Waals surface area contributed by atoms with E-state index in [0.29, 0.717) is 24.9 Å². The van der Waals surface area contributed by atoms with Crippen molar-refractivity contribution < 1.29 is 23.8 Å². The number of fused-ring (bicyclic) bond motifs is 2. The molecule has 0 spiro atoms. The highest BCUT2D eigenvalue weighted by atomic mass is 16.5. The molecular weight excluding hydrogens is 344 g/mol. The first-order valence-corrected chi connectivity index (χ1v) is 9.46. The van der Waals surface area contributed by atoms with Crippen LogP contribution in [0.1, 0.15) is 46.3 Å². The second kappa shape index (κ2) is 7.47. The van der Waals surface area contributed by atoms with Crippen molar-refractivity contribution in [2.45, 2.75) is 40.7 Å². The van der Waals surface area contributed by atoms with Crippen LogP contribution in [0, 0.1) is 23.2 Å². The molecule has 0 aromatic heterocycles. The molecule has 1 aliphatic heterocycles. The average molecular weight is 372 g/mol. The first kappa shape index (κ1) is 19.6. The zero-order valence-corrected chi connectivity index (χ0v) is 16.7. The molecule has 2 aliphatic rings. The molecule has 146 valence electrons. The maximum Gasteiger partial charge on any atom is 0.308 e. The molecule has 1 fully saturated rings. The van der Waals surface area contributed by atoms with E-state index >= 15 is 0 Å². The number of esters is 2. The van der Waals surface area contributed by atoms with Crippen molar-refractivity contribution in [1.29, 1.82) is 0 Å². The number of benzene rings is 1. The van der Waals surface area contributed by atoms with Crippen LogP contribution >= 0.6 is 0 Å². The Labute approximate surface area is 160 Å². The molecule has 0 unspecified atom stereocenters. The molecule has 0 radical (unpaired) electrons. The highest BCUT2D eigenvalue weighted by Gasteiger charge is 2.54. The van der Waals surface area contributed by atoms with Crippen molar-refractivity contribution in [1.82, 2.24) is 0 Å². The third kappa shape index (κ3) is 3.65. The molecule has 5 heteroatoms. The standard InChI is InChI=1S/C22H28O5/c1-13-10-14(2)22(11-25-16(4)23)12-26-21(20(13)15(22)3)18-6-8-19(9-7-18)27-17(5)24/h6-10,14-15,20-21H,11-12H2,1-5H3/t14-,15+,20-,21+,22+/m0/s1. The molecular formula is C22H28O5. The quantitative estimate of drug-likeness (QED) is 0.453. The number of allylic oxidation sites excluding steroid dienone is 1. The molecule has 1 saturated heterocycles. The van der Waals surface area contributed by atoms with Crippen LogP contribution in [0.2, 0.25) is 0 Å². The summed E-state index contributed by atoms with van der Waals surface area (Å²) in [6, 6.07) is 7.52. The largest absolute Gasteiger partial charge is 0.465 e. The van der Waals surface area contributed by atoms with Gasteiger partial charge in [-0.15, -0.1) is 0 Å². The second-order valence-electron chi connectivity index (χ2n) is 7.92. The average Bonchev–Trinajstić information content (AvgIpc) is 2.59. The molecule has 1 aromatic rings. The van der Waals surface area contributed by atoms with Gasteiger partial charge >= 0.3 is 11.9 Å². The number of carbonyl (C=O) groups excluding carboxylic acids is 2. The molecule has 0 amide bonds. The SMILES string of the molecule is CC(=O)OC[C@@]12CO[C@H](c3ccc(OC(C)=O)cc3)[C@@H](C(C)=C[C@@H]1C)[C@H]2C. The Balaban J connectivity index is 1.88. The lowest BCUT2D eigenvalue weighted by molar-refractivity contribution is -0.180. The highest BCUT2D eigenvalue weighted by molar-refractivity contribution is 5.69. The van der Waals surface area contributed by atoms with Gasteiger partial charge in [0.05, 0.1) is 19.3 Å². The van der Waals surface area contributed by atoms with E-state index in [9.17, 15) is 9.59 Å². The first-order chi connectivity index (χ1) is 12.7. The van der Waals surface area contributed by atoms with Crippen LogP contribution in [0.25, 0.3) is 0 Å². The second-order valence-corrected chi connectivity index (χ2v) is 7.92. The van der Waals surface area contributed by atoms with Crippen LogP contribution in [0.15, 0.2) is 35.9 Å². The molecule has 0 saturated carbocycles. The van der Waals surface area contributed by atoms with Gasteiger partial charge in [-0.05, 0) is 36.5 Å². The van der Waals surface area contributed by atoms with Gasteiger partial charge in [-0.3, -0.25) is 9.59 Å². The molecule has 2 bridgehead atoms. The first-order valence-electron chi connectivity index (χ1n) is 9.46. The zero-order valence-electron chi connectivity index (χ0n) is 16.7. The summed E-state index contributed by atoms with van der Waals surface area (Å²) in [5.74, 6) is 0.739. The number of carbonyl (C=O) groups is 2. The topological polar surface area (TPSA) is 61.8 Å². The molecule has 5 atom stereocenters. The van der Waals surface area contributed by atoms with Gasteiger partial charge in [-0.2, -0.15) is 0 Å². The molecule has 3 rings (SSSR count). The summed E-state index contributed by atoms with van der Waals surface area (Å²) in [4.78, 5) is 22.5. The van der Waals surface area contributed by atoms with Crippen molar-refractivity contribution in [2.75, 3.05) is 13.2 Å². The maximum absolute atomic E-state index is 11.4. The monoisotopic (exact) mass is 372 g/mol. The van der Waals surface area contributed by atoms with E-state index in [1.807, 2.05) is 12.1 Å². The Hall–Kier alpha value is -2.14. The van der Waals surface area contributed by atoms with E-state index in [1.54, 1.807) is 12.1 Å². The fraction of sp³-hybridized carbons (Fsp3) is 0.545.